The fraction of sp³-hybridized carbons (Fsp3) is 0.533. The summed E-state index contributed by atoms with van der Waals surface area (Å²) in [4.78, 5) is 13.5. The molecule has 1 heterocycles. The summed E-state index contributed by atoms with van der Waals surface area (Å²) in [5.41, 5.74) is 2.60. The molecule has 2 rings (SSSR count). The number of anilines is 1. The standard InChI is InChI=1S/C15H22BrN3O/c1-11(20)18-14-5-7-19(8-6-14)15-4-3-13(16)9-12(15)10-17-2/h3-4,9,14,17H,5-8,10H2,1-2H3,(H,18,20). The van der Waals surface area contributed by atoms with Gasteiger partial charge in [0, 0.05) is 42.8 Å². The zero-order valence-corrected chi connectivity index (χ0v) is 13.7. The monoisotopic (exact) mass is 339 g/mol. The van der Waals surface area contributed by atoms with E-state index in [9.17, 15) is 4.79 Å². The smallest absolute Gasteiger partial charge is 0.217 e. The quantitative estimate of drug-likeness (QED) is 0.884. The van der Waals surface area contributed by atoms with Crippen LogP contribution < -0.4 is 15.5 Å². The normalized spacial score (nSPS) is 16.2. The minimum absolute atomic E-state index is 0.0722. The average molecular weight is 340 g/mol. The highest BCUT2D eigenvalue weighted by atomic mass is 79.9. The summed E-state index contributed by atoms with van der Waals surface area (Å²) >= 11 is 3.53. The van der Waals surface area contributed by atoms with Crippen LogP contribution in [0.2, 0.25) is 0 Å². The van der Waals surface area contributed by atoms with Gasteiger partial charge >= 0.3 is 0 Å². The minimum Gasteiger partial charge on any atom is -0.371 e. The van der Waals surface area contributed by atoms with Gasteiger partial charge in [0.25, 0.3) is 0 Å². The van der Waals surface area contributed by atoms with Gasteiger partial charge in [-0.05, 0) is 43.7 Å². The van der Waals surface area contributed by atoms with Gasteiger partial charge in [-0.25, -0.2) is 0 Å². The molecule has 0 aromatic heterocycles. The van der Waals surface area contributed by atoms with Gasteiger partial charge in [-0.1, -0.05) is 15.9 Å². The van der Waals surface area contributed by atoms with Crippen molar-refractivity contribution in [3.05, 3.63) is 28.2 Å². The lowest BCUT2D eigenvalue weighted by atomic mass is 10.0. The number of piperidine rings is 1. The summed E-state index contributed by atoms with van der Waals surface area (Å²) in [6.45, 7) is 4.43. The molecule has 1 aromatic rings. The van der Waals surface area contributed by atoms with E-state index >= 15 is 0 Å². The first-order chi connectivity index (χ1) is 9.60. The van der Waals surface area contributed by atoms with Crippen molar-refractivity contribution in [3.63, 3.8) is 0 Å². The molecule has 1 aliphatic rings. The number of hydrogen-bond acceptors (Lipinski definition) is 3. The van der Waals surface area contributed by atoms with E-state index in [2.05, 4.69) is 49.7 Å². The van der Waals surface area contributed by atoms with Gasteiger partial charge in [-0.3, -0.25) is 4.79 Å². The lowest BCUT2D eigenvalue weighted by molar-refractivity contribution is -0.119. The summed E-state index contributed by atoms with van der Waals surface area (Å²) in [7, 11) is 1.97. The molecule has 0 unspecified atom stereocenters. The molecule has 1 saturated heterocycles. The molecule has 20 heavy (non-hydrogen) atoms. The van der Waals surface area contributed by atoms with Gasteiger partial charge in [0.05, 0.1) is 0 Å². The van der Waals surface area contributed by atoms with Gasteiger partial charge in [-0.15, -0.1) is 0 Å². The molecule has 1 aromatic carbocycles. The van der Waals surface area contributed by atoms with Crippen molar-refractivity contribution in [2.24, 2.45) is 0 Å². The molecule has 1 aliphatic heterocycles. The average Bonchev–Trinajstić information content (AvgIpc) is 2.40. The number of nitrogens with one attached hydrogen (secondary N) is 2. The molecule has 5 heteroatoms. The molecule has 1 amide bonds. The zero-order valence-electron chi connectivity index (χ0n) is 12.1. The van der Waals surface area contributed by atoms with E-state index in [-0.39, 0.29) is 5.91 Å². The number of hydrogen-bond donors (Lipinski definition) is 2. The van der Waals surface area contributed by atoms with Crippen LogP contribution in [0.1, 0.15) is 25.3 Å². The van der Waals surface area contributed by atoms with Crippen molar-refractivity contribution in [1.29, 1.82) is 0 Å². The summed E-state index contributed by atoms with van der Waals surface area (Å²) in [5.74, 6) is 0.0722. The van der Waals surface area contributed by atoms with Crippen molar-refractivity contribution < 1.29 is 4.79 Å². The largest absolute Gasteiger partial charge is 0.371 e. The topological polar surface area (TPSA) is 44.4 Å². The molecule has 0 aliphatic carbocycles. The van der Waals surface area contributed by atoms with Gasteiger partial charge in [-0.2, -0.15) is 0 Å². The maximum absolute atomic E-state index is 11.1. The molecule has 0 bridgehead atoms. The number of carbonyl (C=O) groups is 1. The first-order valence-electron chi connectivity index (χ1n) is 7.05. The van der Waals surface area contributed by atoms with E-state index in [4.69, 9.17) is 0 Å². The number of benzene rings is 1. The second-order valence-corrected chi connectivity index (χ2v) is 6.18. The number of carbonyl (C=O) groups excluding carboxylic acids is 1. The van der Waals surface area contributed by atoms with Crippen LogP contribution in [0.15, 0.2) is 22.7 Å². The van der Waals surface area contributed by atoms with Crippen LogP contribution in [0.25, 0.3) is 0 Å². The highest BCUT2D eigenvalue weighted by Crippen LogP contribution is 2.27. The molecule has 0 atom stereocenters. The van der Waals surface area contributed by atoms with Crippen molar-refractivity contribution >= 4 is 27.5 Å². The third kappa shape index (κ3) is 3.96. The Bertz CT molecular complexity index is 470. The fourth-order valence-electron chi connectivity index (χ4n) is 2.75. The molecular formula is C15H22BrN3O. The van der Waals surface area contributed by atoms with Gasteiger partial charge in [0.15, 0.2) is 0 Å². The fourth-order valence-corrected chi connectivity index (χ4v) is 3.16. The molecule has 0 radical (unpaired) electrons. The van der Waals surface area contributed by atoms with Crippen LogP contribution in [0.3, 0.4) is 0 Å². The Kier molecular flexibility index (Phi) is 5.43. The van der Waals surface area contributed by atoms with Gasteiger partial charge < -0.3 is 15.5 Å². The van der Waals surface area contributed by atoms with E-state index in [0.717, 1.165) is 36.9 Å². The Labute approximate surface area is 129 Å². The molecule has 110 valence electrons. The van der Waals surface area contributed by atoms with Crippen LogP contribution >= 0.6 is 15.9 Å². The summed E-state index contributed by atoms with van der Waals surface area (Å²) < 4.78 is 1.11. The minimum atomic E-state index is 0.0722. The Hall–Kier alpha value is -1.07. The van der Waals surface area contributed by atoms with E-state index in [1.165, 1.54) is 11.3 Å². The Morgan fingerprint density at radius 1 is 1.40 bits per heavy atom. The van der Waals surface area contributed by atoms with E-state index in [0.29, 0.717) is 6.04 Å². The van der Waals surface area contributed by atoms with Crippen molar-refractivity contribution in [3.8, 4) is 0 Å². The Morgan fingerprint density at radius 3 is 2.70 bits per heavy atom. The first kappa shape index (κ1) is 15.3. The maximum atomic E-state index is 11.1. The Morgan fingerprint density at radius 2 is 2.10 bits per heavy atom. The highest BCUT2D eigenvalue weighted by Gasteiger charge is 2.21. The van der Waals surface area contributed by atoms with Crippen LogP contribution in [-0.4, -0.2) is 32.1 Å². The third-order valence-electron chi connectivity index (χ3n) is 3.65. The van der Waals surface area contributed by atoms with Crippen molar-refractivity contribution in [2.75, 3.05) is 25.0 Å². The molecule has 0 saturated carbocycles. The van der Waals surface area contributed by atoms with E-state index in [1.54, 1.807) is 6.92 Å². The third-order valence-corrected chi connectivity index (χ3v) is 4.15. The molecule has 0 spiro atoms. The van der Waals surface area contributed by atoms with Crippen LogP contribution in [0.4, 0.5) is 5.69 Å². The SMILES string of the molecule is CNCc1cc(Br)ccc1N1CCC(NC(C)=O)CC1. The second-order valence-electron chi connectivity index (χ2n) is 5.27. The summed E-state index contributed by atoms with van der Waals surface area (Å²) in [6, 6.07) is 6.77. The molecule has 4 nitrogen and oxygen atoms in total. The molecular weight excluding hydrogens is 318 g/mol. The van der Waals surface area contributed by atoms with Crippen LogP contribution in [0, 0.1) is 0 Å². The lowest BCUT2D eigenvalue weighted by Crippen LogP contribution is -2.44. The van der Waals surface area contributed by atoms with Crippen LogP contribution in [0.5, 0.6) is 0 Å². The molecule has 2 N–H and O–H groups in total. The van der Waals surface area contributed by atoms with Crippen molar-refractivity contribution in [1.82, 2.24) is 10.6 Å². The number of amides is 1. The van der Waals surface area contributed by atoms with E-state index in [1.807, 2.05) is 7.05 Å². The second kappa shape index (κ2) is 7.09. The summed E-state index contributed by atoms with van der Waals surface area (Å²) in [5, 5.41) is 6.24. The first-order valence-corrected chi connectivity index (χ1v) is 7.84. The summed E-state index contributed by atoms with van der Waals surface area (Å²) in [6.07, 6.45) is 2.02. The predicted molar refractivity (Wildman–Crippen MR) is 86.0 cm³/mol. The Balaban J connectivity index is 2.04. The number of halogens is 1. The lowest BCUT2D eigenvalue weighted by Gasteiger charge is -2.35. The predicted octanol–water partition coefficient (Wildman–Crippen LogP) is 2.27. The zero-order chi connectivity index (χ0) is 14.5. The number of nitrogens with zero attached hydrogens (tertiary/aromatic N) is 1. The number of rotatable bonds is 4. The van der Waals surface area contributed by atoms with Gasteiger partial charge in [0.2, 0.25) is 5.91 Å². The molecule has 1 fully saturated rings. The van der Waals surface area contributed by atoms with Crippen LogP contribution in [-0.2, 0) is 11.3 Å². The van der Waals surface area contributed by atoms with Gasteiger partial charge in [0.1, 0.15) is 0 Å². The highest BCUT2D eigenvalue weighted by molar-refractivity contribution is 9.10. The van der Waals surface area contributed by atoms with Crippen molar-refractivity contribution in [2.45, 2.75) is 32.4 Å². The van der Waals surface area contributed by atoms with E-state index < -0.39 is 0 Å². The maximum Gasteiger partial charge on any atom is 0.217 e.